The maximum atomic E-state index is 11.8. The van der Waals surface area contributed by atoms with Crippen LogP contribution < -0.4 is 5.32 Å². The van der Waals surface area contributed by atoms with Crippen LogP contribution in [0.3, 0.4) is 0 Å². The summed E-state index contributed by atoms with van der Waals surface area (Å²) >= 11 is 4.95. The van der Waals surface area contributed by atoms with Crippen LogP contribution in [0, 0.1) is 6.92 Å². The quantitative estimate of drug-likeness (QED) is 0.891. The van der Waals surface area contributed by atoms with Crippen molar-refractivity contribution in [3.8, 4) is 0 Å². The second-order valence-corrected chi connectivity index (χ2v) is 6.85. The SMILES string of the molecule is CSCc1nc(CNC(=O)Cc2csc(C)n2)cs1. The molecule has 0 aromatic carbocycles. The Hall–Kier alpha value is -0.920. The highest BCUT2D eigenvalue weighted by Gasteiger charge is 2.07. The lowest BCUT2D eigenvalue weighted by Gasteiger charge is -2.01. The summed E-state index contributed by atoms with van der Waals surface area (Å²) in [5.74, 6) is 0.918. The van der Waals surface area contributed by atoms with E-state index in [0.29, 0.717) is 13.0 Å². The fourth-order valence-corrected chi connectivity index (χ4v) is 3.65. The fourth-order valence-electron chi connectivity index (χ4n) is 1.53. The van der Waals surface area contributed by atoms with E-state index in [0.717, 1.165) is 27.2 Å². The minimum atomic E-state index is -0.00952. The van der Waals surface area contributed by atoms with Gasteiger partial charge in [-0.3, -0.25) is 4.79 Å². The Morgan fingerprint density at radius 1 is 1.32 bits per heavy atom. The van der Waals surface area contributed by atoms with Crippen LogP contribution in [-0.4, -0.2) is 22.1 Å². The average Bonchev–Trinajstić information content (AvgIpc) is 2.97. The monoisotopic (exact) mass is 313 g/mol. The Labute approximate surface area is 124 Å². The molecular weight excluding hydrogens is 298 g/mol. The smallest absolute Gasteiger partial charge is 0.226 e. The van der Waals surface area contributed by atoms with Crippen molar-refractivity contribution < 1.29 is 4.79 Å². The van der Waals surface area contributed by atoms with E-state index < -0.39 is 0 Å². The van der Waals surface area contributed by atoms with Crippen molar-refractivity contribution in [2.24, 2.45) is 0 Å². The molecule has 0 aliphatic rings. The van der Waals surface area contributed by atoms with E-state index in [-0.39, 0.29) is 5.91 Å². The Kier molecular flexibility index (Phi) is 5.35. The van der Waals surface area contributed by atoms with Gasteiger partial charge in [0.2, 0.25) is 5.91 Å². The molecule has 0 aliphatic heterocycles. The van der Waals surface area contributed by atoms with Crippen LogP contribution in [0.1, 0.15) is 21.4 Å². The van der Waals surface area contributed by atoms with Gasteiger partial charge in [-0.05, 0) is 13.2 Å². The molecule has 4 nitrogen and oxygen atoms in total. The lowest BCUT2D eigenvalue weighted by Crippen LogP contribution is -2.24. The maximum absolute atomic E-state index is 11.8. The van der Waals surface area contributed by atoms with Gasteiger partial charge in [0.1, 0.15) is 5.01 Å². The Bertz CT molecular complexity index is 550. The van der Waals surface area contributed by atoms with E-state index in [1.807, 2.05) is 17.7 Å². The minimum Gasteiger partial charge on any atom is -0.350 e. The summed E-state index contributed by atoms with van der Waals surface area (Å²) in [5, 5.41) is 8.89. The number of hydrogen-bond acceptors (Lipinski definition) is 6. The van der Waals surface area contributed by atoms with Crippen LogP contribution in [-0.2, 0) is 23.5 Å². The number of carbonyl (C=O) groups is 1. The molecular formula is C12H15N3OS3. The predicted octanol–water partition coefficient (Wildman–Crippen LogP) is 2.63. The van der Waals surface area contributed by atoms with E-state index in [2.05, 4.69) is 21.5 Å². The van der Waals surface area contributed by atoms with Crippen molar-refractivity contribution in [3.05, 3.63) is 32.2 Å². The van der Waals surface area contributed by atoms with Gasteiger partial charge < -0.3 is 5.32 Å². The molecule has 0 saturated heterocycles. The van der Waals surface area contributed by atoms with Gasteiger partial charge in [-0.1, -0.05) is 0 Å². The summed E-state index contributed by atoms with van der Waals surface area (Å²) in [6.45, 7) is 2.43. The van der Waals surface area contributed by atoms with E-state index in [4.69, 9.17) is 0 Å². The molecule has 0 bridgehead atoms. The minimum absolute atomic E-state index is 0.00952. The number of amides is 1. The zero-order chi connectivity index (χ0) is 13.7. The lowest BCUT2D eigenvalue weighted by molar-refractivity contribution is -0.120. The van der Waals surface area contributed by atoms with Crippen LogP contribution in [0.25, 0.3) is 0 Å². The summed E-state index contributed by atoms with van der Waals surface area (Å²) in [5.41, 5.74) is 1.76. The largest absolute Gasteiger partial charge is 0.350 e. The molecule has 2 aromatic rings. The van der Waals surface area contributed by atoms with Crippen LogP contribution in [0.5, 0.6) is 0 Å². The Morgan fingerprint density at radius 2 is 2.11 bits per heavy atom. The second-order valence-electron chi connectivity index (χ2n) is 3.98. The average molecular weight is 313 g/mol. The highest BCUT2D eigenvalue weighted by atomic mass is 32.2. The van der Waals surface area contributed by atoms with Crippen LogP contribution in [0.2, 0.25) is 0 Å². The summed E-state index contributed by atoms with van der Waals surface area (Å²) in [6.07, 6.45) is 2.39. The fraction of sp³-hybridized carbons (Fsp3) is 0.417. The summed E-state index contributed by atoms with van der Waals surface area (Å²) < 4.78 is 0. The summed E-state index contributed by atoms with van der Waals surface area (Å²) in [6, 6.07) is 0. The Balaban J connectivity index is 1.79. The number of thiazole rings is 2. The first-order chi connectivity index (χ1) is 9.17. The van der Waals surface area contributed by atoms with Crippen LogP contribution in [0.4, 0.5) is 0 Å². The van der Waals surface area contributed by atoms with Gasteiger partial charge in [0, 0.05) is 16.5 Å². The molecule has 0 fully saturated rings. The molecule has 2 heterocycles. The molecule has 7 heteroatoms. The van der Waals surface area contributed by atoms with Crippen molar-refractivity contribution in [2.75, 3.05) is 6.26 Å². The molecule has 2 rings (SSSR count). The number of rotatable bonds is 6. The molecule has 102 valence electrons. The van der Waals surface area contributed by atoms with Gasteiger partial charge in [-0.15, -0.1) is 22.7 Å². The summed E-state index contributed by atoms with van der Waals surface area (Å²) in [7, 11) is 0. The third-order valence-electron chi connectivity index (χ3n) is 2.34. The van der Waals surface area contributed by atoms with Crippen molar-refractivity contribution in [3.63, 3.8) is 0 Å². The Morgan fingerprint density at radius 3 is 2.79 bits per heavy atom. The number of nitrogens with zero attached hydrogens (tertiary/aromatic N) is 2. The first-order valence-corrected chi connectivity index (χ1v) is 8.92. The molecule has 1 N–H and O–H groups in total. The molecule has 2 aromatic heterocycles. The zero-order valence-electron chi connectivity index (χ0n) is 10.8. The van der Waals surface area contributed by atoms with Crippen LogP contribution in [0.15, 0.2) is 10.8 Å². The number of aromatic nitrogens is 2. The first kappa shape index (κ1) is 14.5. The number of thioether (sulfide) groups is 1. The standard InChI is InChI=1S/C12H15N3OS3/c1-8-14-9(5-18-8)3-11(16)13-4-10-6-19-12(15-10)7-17-2/h5-6H,3-4,7H2,1-2H3,(H,13,16). The maximum Gasteiger partial charge on any atom is 0.226 e. The normalized spacial score (nSPS) is 10.6. The van der Waals surface area contributed by atoms with Gasteiger partial charge >= 0.3 is 0 Å². The number of nitrogens with one attached hydrogen (secondary N) is 1. The lowest BCUT2D eigenvalue weighted by atomic mass is 10.3. The third kappa shape index (κ3) is 4.59. The number of aryl methyl sites for hydroxylation is 1. The van der Waals surface area contributed by atoms with E-state index in [1.165, 1.54) is 0 Å². The number of hydrogen-bond donors (Lipinski definition) is 1. The summed E-state index contributed by atoms with van der Waals surface area (Å²) in [4.78, 5) is 20.5. The van der Waals surface area contributed by atoms with Crippen molar-refractivity contribution in [2.45, 2.75) is 25.6 Å². The third-order valence-corrected chi connectivity index (χ3v) is 4.81. The molecule has 0 saturated carbocycles. The van der Waals surface area contributed by atoms with Crippen molar-refractivity contribution in [1.29, 1.82) is 0 Å². The highest BCUT2D eigenvalue weighted by molar-refractivity contribution is 7.97. The van der Waals surface area contributed by atoms with Gasteiger partial charge in [-0.2, -0.15) is 11.8 Å². The van der Waals surface area contributed by atoms with E-state index in [1.54, 1.807) is 34.4 Å². The predicted molar refractivity (Wildman–Crippen MR) is 81.7 cm³/mol. The number of carbonyl (C=O) groups excluding carboxylic acids is 1. The molecule has 0 aliphatic carbocycles. The molecule has 0 unspecified atom stereocenters. The topological polar surface area (TPSA) is 54.9 Å². The molecule has 0 atom stereocenters. The first-order valence-electron chi connectivity index (χ1n) is 5.77. The second kappa shape index (κ2) is 7.02. The van der Waals surface area contributed by atoms with Gasteiger partial charge in [0.05, 0.1) is 29.4 Å². The van der Waals surface area contributed by atoms with Crippen LogP contribution >= 0.6 is 34.4 Å². The molecule has 0 spiro atoms. The van der Waals surface area contributed by atoms with Gasteiger partial charge in [-0.25, -0.2) is 9.97 Å². The van der Waals surface area contributed by atoms with E-state index >= 15 is 0 Å². The highest BCUT2D eigenvalue weighted by Crippen LogP contribution is 2.15. The molecule has 19 heavy (non-hydrogen) atoms. The zero-order valence-corrected chi connectivity index (χ0v) is 13.3. The van der Waals surface area contributed by atoms with E-state index in [9.17, 15) is 4.79 Å². The van der Waals surface area contributed by atoms with Crippen molar-refractivity contribution in [1.82, 2.24) is 15.3 Å². The van der Waals surface area contributed by atoms with Gasteiger partial charge in [0.15, 0.2) is 0 Å². The van der Waals surface area contributed by atoms with Crippen molar-refractivity contribution >= 4 is 40.3 Å². The van der Waals surface area contributed by atoms with Gasteiger partial charge in [0.25, 0.3) is 0 Å². The molecule has 1 amide bonds. The molecule has 0 radical (unpaired) electrons.